The van der Waals surface area contributed by atoms with Crippen molar-refractivity contribution in [1.82, 2.24) is 0 Å². The van der Waals surface area contributed by atoms with Crippen LogP contribution >= 0.6 is 11.6 Å². The van der Waals surface area contributed by atoms with Crippen molar-refractivity contribution in [3.63, 3.8) is 0 Å². The van der Waals surface area contributed by atoms with E-state index >= 15 is 0 Å². The number of benzene rings is 1. The minimum absolute atomic E-state index is 0.0105. The van der Waals surface area contributed by atoms with Gasteiger partial charge in [0, 0.05) is 11.2 Å². The molecule has 0 unspecified atom stereocenters. The second kappa shape index (κ2) is 4.82. The predicted octanol–water partition coefficient (Wildman–Crippen LogP) is 4.24. The number of amides is 1. The number of carbonyl (C=O) groups is 1. The Balaban J connectivity index is 2.58. The number of hydrogen-bond donors (Lipinski definition) is 0. The first-order valence-corrected chi connectivity index (χ1v) is 7.26. The third kappa shape index (κ3) is 2.51. The van der Waals surface area contributed by atoms with Crippen LogP contribution in [0, 0.1) is 6.92 Å². The Hall–Kier alpha value is -1.02. The van der Waals surface area contributed by atoms with Gasteiger partial charge in [0.05, 0.1) is 0 Å². The van der Waals surface area contributed by atoms with Crippen LogP contribution in [0.2, 0.25) is 0 Å². The monoisotopic (exact) mass is 279 g/mol. The molecule has 104 valence electrons. The van der Waals surface area contributed by atoms with Crippen LogP contribution in [0.15, 0.2) is 18.2 Å². The van der Waals surface area contributed by atoms with E-state index in [0.29, 0.717) is 5.92 Å². The lowest BCUT2D eigenvalue weighted by Gasteiger charge is -2.46. The first-order chi connectivity index (χ1) is 8.74. The lowest BCUT2D eigenvalue weighted by atomic mass is 9.79. The first kappa shape index (κ1) is 14.4. The Labute approximate surface area is 120 Å². The van der Waals surface area contributed by atoms with Gasteiger partial charge in [-0.15, -0.1) is 11.6 Å². The highest BCUT2D eigenvalue weighted by Gasteiger charge is 2.40. The molecule has 0 aromatic heterocycles. The summed E-state index contributed by atoms with van der Waals surface area (Å²) in [5, 5.41) is -0.498. The summed E-state index contributed by atoms with van der Waals surface area (Å²) in [6.45, 7) is 10.3. The van der Waals surface area contributed by atoms with E-state index in [-0.39, 0.29) is 11.4 Å². The van der Waals surface area contributed by atoms with Crippen molar-refractivity contribution < 1.29 is 4.79 Å². The van der Waals surface area contributed by atoms with Gasteiger partial charge in [-0.1, -0.05) is 24.6 Å². The molecule has 1 aromatic carbocycles. The van der Waals surface area contributed by atoms with Crippen molar-refractivity contribution in [1.29, 1.82) is 0 Å². The van der Waals surface area contributed by atoms with Crippen molar-refractivity contribution in [2.24, 2.45) is 0 Å². The van der Waals surface area contributed by atoms with Crippen molar-refractivity contribution in [3.8, 4) is 0 Å². The third-order valence-corrected chi connectivity index (χ3v) is 4.11. The number of alkyl halides is 1. The summed E-state index contributed by atoms with van der Waals surface area (Å²) in [6.07, 6.45) is 0.957. The number of halogens is 1. The van der Waals surface area contributed by atoms with Gasteiger partial charge >= 0.3 is 0 Å². The molecular formula is C16H22ClNO. The van der Waals surface area contributed by atoms with Gasteiger partial charge < -0.3 is 4.90 Å². The Bertz CT molecular complexity index is 507. The smallest absolute Gasteiger partial charge is 0.245 e. The molecular weight excluding hydrogens is 258 g/mol. The molecule has 2 atom stereocenters. The van der Waals surface area contributed by atoms with Gasteiger partial charge in [0.15, 0.2) is 0 Å². The molecule has 0 spiro atoms. The topological polar surface area (TPSA) is 20.3 Å². The fourth-order valence-corrected chi connectivity index (χ4v) is 3.24. The van der Waals surface area contributed by atoms with Gasteiger partial charge in [0.2, 0.25) is 5.91 Å². The van der Waals surface area contributed by atoms with Crippen molar-refractivity contribution in [2.45, 2.75) is 57.9 Å². The Kier molecular flexibility index (Phi) is 3.65. The lowest BCUT2D eigenvalue weighted by molar-refractivity contribution is -0.119. The number of rotatable bonds is 1. The molecule has 19 heavy (non-hydrogen) atoms. The molecule has 1 heterocycles. The quantitative estimate of drug-likeness (QED) is 0.704. The van der Waals surface area contributed by atoms with Crippen LogP contribution in [-0.4, -0.2) is 16.8 Å². The zero-order chi connectivity index (χ0) is 14.4. The zero-order valence-electron chi connectivity index (χ0n) is 12.3. The van der Waals surface area contributed by atoms with Crippen LogP contribution < -0.4 is 4.90 Å². The maximum absolute atomic E-state index is 12.5. The average Bonchev–Trinajstić information content (AvgIpc) is 2.28. The highest BCUT2D eigenvalue weighted by molar-refractivity contribution is 6.32. The van der Waals surface area contributed by atoms with E-state index < -0.39 is 5.38 Å². The van der Waals surface area contributed by atoms with Gasteiger partial charge in [-0.3, -0.25) is 4.79 Å². The number of fused-ring (bicyclic) bond motifs is 1. The predicted molar refractivity (Wildman–Crippen MR) is 81.1 cm³/mol. The van der Waals surface area contributed by atoms with E-state index in [0.717, 1.165) is 12.1 Å². The maximum Gasteiger partial charge on any atom is 0.245 e. The normalized spacial score (nSPS) is 22.8. The van der Waals surface area contributed by atoms with Crippen molar-refractivity contribution in [3.05, 3.63) is 29.3 Å². The number of hydrogen-bond acceptors (Lipinski definition) is 1. The molecule has 0 saturated carbocycles. The summed E-state index contributed by atoms with van der Waals surface area (Å²) in [6, 6.07) is 6.31. The van der Waals surface area contributed by atoms with Gasteiger partial charge in [-0.05, 0) is 51.7 Å². The van der Waals surface area contributed by atoms with Crippen LogP contribution in [-0.2, 0) is 4.79 Å². The molecule has 1 aromatic rings. The fraction of sp³-hybridized carbons (Fsp3) is 0.562. The lowest BCUT2D eigenvalue weighted by Crippen LogP contribution is -2.53. The molecule has 1 aliphatic rings. The zero-order valence-corrected chi connectivity index (χ0v) is 13.1. The van der Waals surface area contributed by atoms with Crippen LogP contribution in [0.25, 0.3) is 0 Å². The van der Waals surface area contributed by atoms with E-state index in [1.165, 1.54) is 11.1 Å². The summed E-state index contributed by atoms with van der Waals surface area (Å²) in [5.74, 6) is 0.447. The second-order valence-corrected chi connectivity index (χ2v) is 6.92. The summed E-state index contributed by atoms with van der Waals surface area (Å²) >= 11 is 6.03. The van der Waals surface area contributed by atoms with E-state index in [2.05, 4.69) is 45.9 Å². The Morgan fingerprint density at radius 1 is 1.47 bits per heavy atom. The minimum atomic E-state index is -0.498. The summed E-state index contributed by atoms with van der Waals surface area (Å²) in [4.78, 5) is 14.4. The number of carbonyl (C=O) groups excluding carboxylic acids is 1. The molecule has 2 nitrogen and oxygen atoms in total. The van der Waals surface area contributed by atoms with Gasteiger partial charge in [-0.2, -0.15) is 0 Å². The van der Waals surface area contributed by atoms with E-state index in [1.807, 2.05) is 4.90 Å². The number of anilines is 1. The molecule has 0 aliphatic carbocycles. The number of aryl methyl sites for hydroxylation is 1. The standard InChI is InChI=1S/C16H22ClNO/c1-10-6-7-14-13(8-10)11(2)9-16(4,5)18(14)15(19)12(3)17/h6-8,11-12H,9H2,1-5H3/t11-,12+/m1/s1. The maximum atomic E-state index is 12.5. The molecule has 0 N–H and O–H groups in total. The molecule has 0 radical (unpaired) electrons. The van der Waals surface area contributed by atoms with Gasteiger partial charge in [0.25, 0.3) is 0 Å². The molecule has 0 bridgehead atoms. The average molecular weight is 280 g/mol. The van der Waals surface area contributed by atoms with Crippen LogP contribution in [0.1, 0.15) is 51.2 Å². The summed E-state index contributed by atoms with van der Waals surface area (Å²) in [7, 11) is 0. The van der Waals surface area contributed by atoms with Crippen LogP contribution in [0.4, 0.5) is 5.69 Å². The molecule has 2 rings (SSSR count). The number of nitrogens with zero attached hydrogens (tertiary/aromatic N) is 1. The van der Waals surface area contributed by atoms with E-state index in [1.54, 1.807) is 6.92 Å². The van der Waals surface area contributed by atoms with Crippen molar-refractivity contribution >= 4 is 23.2 Å². The largest absolute Gasteiger partial charge is 0.305 e. The summed E-state index contributed by atoms with van der Waals surface area (Å²) in [5.41, 5.74) is 3.32. The van der Waals surface area contributed by atoms with Crippen LogP contribution in [0.5, 0.6) is 0 Å². The molecule has 0 fully saturated rings. The molecule has 1 aliphatic heterocycles. The Morgan fingerprint density at radius 2 is 2.11 bits per heavy atom. The molecule has 3 heteroatoms. The summed E-state index contributed by atoms with van der Waals surface area (Å²) < 4.78 is 0. The van der Waals surface area contributed by atoms with Gasteiger partial charge in [-0.25, -0.2) is 0 Å². The second-order valence-electron chi connectivity index (χ2n) is 6.27. The fourth-order valence-electron chi connectivity index (χ4n) is 3.14. The minimum Gasteiger partial charge on any atom is -0.305 e. The molecule has 1 amide bonds. The van der Waals surface area contributed by atoms with E-state index in [4.69, 9.17) is 11.6 Å². The van der Waals surface area contributed by atoms with Crippen LogP contribution in [0.3, 0.4) is 0 Å². The van der Waals surface area contributed by atoms with Crippen molar-refractivity contribution in [2.75, 3.05) is 4.90 Å². The molecule has 0 saturated heterocycles. The highest BCUT2D eigenvalue weighted by Crippen LogP contribution is 2.44. The first-order valence-electron chi connectivity index (χ1n) is 6.83. The van der Waals surface area contributed by atoms with Gasteiger partial charge in [0.1, 0.15) is 5.38 Å². The highest BCUT2D eigenvalue weighted by atomic mass is 35.5. The Morgan fingerprint density at radius 3 is 2.68 bits per heavy atom. The van der Waals surface area contributed by atoms with E-state index in [9.17, 15) is 4.79 Å². The third-order valence-electron chi connectivity index (χ3n) is 3.93. The SMILES string of the molecule is Cc1ccc2c(c1)[C@H](C)CC(C)(C)N2C(=O)[C@H](C)Cl.